The summed E-state index contributed by atoms with van der Waals surface area (Å²) in [5.74, 6) is 0. The SMILES string of the molecule is C(=C\c1cc(/C=C/c2ccccc2)c(-c2ccccc2)c(/C=C/c2ccccc2)c1)/c1ccccc1. The largest absolute Gasteiger partial charge is 0.0622 e. The maximum atomic E-state index is 2.28. The fourth-order valence-electron chi connectivity index (χ4n) is 4.27. The molecule has 5 aromatic carbocycles. The first-order valence-electron chi connectivity index (χ1n) is 12.3. The van der Waals surface area contributed by atoms with Gasteiger partial charge in [0.05, 0.1) is 0 Å². The highest BCUT2D eigenvalue weighted by atomic mass is 14.1. The molecule has 36 heavy (non-hydrogen) atoms. The van der Waals surface area contributed by atoms with Gasteiger partial charge in [0.1, 0.15) is 0 Å². The van der Waals surface area contributed by atoms with E-state index in [-0.39, 0.29) is 0 Å². The highest BCUT2D eigenvalue weighted by molar-refractivity contribution is 5.90. The molecule has 0 fully saturated rings. The van der Waals surface area contributed by atoms with Crippen LogP contribution in [0.3, 0.4) is 0 Å². The minimum Gasteiger partial charge on any atom is -0.0622 e. The number of hydrogen-bond donors (Lipinski definition) is 0. The smallest absolute Gasteiger partial charge is 0.00384 e. The summed E-state index contributed by atoms with van der Waals surface area (Å²) in [5.41, 5.74) is 9.53. The molecular formula is C36H28. The highest BCUT2D eigenvalue weighted by Crippen LogP contribution is 2.33. The van der Waals surface area contributed by atoms with Crippen LogP contribution in [0.15, 0.2) is 133 Å². The lowest BCUT2D eigenvalue weighted by atomic mass is 9.90. The zero-order chi connectivity index (χ0) is 24.4. The van der Waals surface area contributed by atoms with Crippen molar-refractivity contribution in [1.82, 2.24) is 0 Å². The van der Waals surface area contributed by atoms with Crippen LogP contribution in [0.5, 0.6) is 0 Å². The lowest BCUT2D eigenvalue weighted by Gasteiger charge is -2.13. The Morgan fingerprint density at radius 3 is 1.06 bits per heavy atom. The Kier molecular flexibility index (Phi) is 7.46. The average Bonchev–Trinajstić information content (AvgIpc) is 2.96. The molecule has 0 saturated carbocycles. The average molecular weight is 461 g/mol. The van der Waals surface area contributed by atoms with Crippen molar-refractivity contribution in [2.45, 2.75) is 0 Å². The standard InChI is InChI=1S/C36H28/c1-5-13-29(14-6-1)21-22-32-27-34(25-23-30-15-7-2-8-16-30)36(33-19-11-4-12-20-33)35(28-32)26-24-31-17-9-3-10-18-31/h1-28H/b22-21+,25-23+,26-24+. The minimum absolute atomic E-state index is 1.17. The Morgan fingerprint density at radius 2 is 0.639 bits per heavy atom. The van der Waals surface area contributed by atoms with Crippen LogP contribution in [0.1, 0.15) is 33.4 Å². The van der Waals surface area contributed by atoms with Gasteiger partial charge in [-0.25, -0.2) is 0 Å². The van der Waals surface area contributed by atoms with E-state index in [0.717, 1.165) is 0 Å². The van der Waals surface area contributed by atoms with Gasteiger partial charge in [0.15, 0.2) is 0 Å². The van der Waals surface area contributed by atoms with Gasteiger partial charge in [-0.1, -0.05) is 158 Å². The van der Waals surface area contributed by atoms with Gasteiger partial charge in [0, 0.05) is 0 Å². The maximum Gasteiger partial charge on any atom is -0.00384 e. The van der Waals surface area contributed by atoms with Crippen molar-refractivity contribution in [3.05, 3.63) is 167 Å². The molecule has 0 aliphatic rings. The van der Waals surface area contributed by atoms with E-state index in [0.29, 0.717) is 0 Å². The molecule has 0 N–H and O–H groups in total. The van der Waals surface area contributed by atoms with Crippen molar-refractivity contribution in [3.63, 3.8) is 0 Å². The van der Waals surface area contributed by atoms with Gasteiger partial charge in [0.25, 0.3) is 0 Å². The lowest BCUT2D eigenvalue weighted by molar-refractivity contribution is 1.54. The molecule has 0 amide bonds. The van der Waals surface area contributed by atoms with Gasteiger partial charge in [-0.2, -0.15) is 0 Å². The van der Waals surface area contributed by atoms with Crippen molar-refractivity contribution in [2.75, 3.05) is 0 Å². The monoisotopic (exact) mass is 460 g/mol. The summed E-state index contributed by atoms with van der Waals surface area (Å²) >= 11 is 0. The third kappa shape index (κ3) is 6.05. The highest BCUT2D eigenvalue weighted by Gasteiger charge is 2.10. The third-order valence-electron chi connectivity index (χ3n) is 6.06. The topological polar surface area (TPSA) is 0 Å². The van der Waals surface area contributed by atoms with Crippen molar-refractivity contribution in [2.24, 2.45) is 0 Å². The molecule has 0 radical (unpaired) electrons. The van der Waals surface area contributed by atoms with Crippen molar-refractivity contribution >= 4 is 36.5 Å². The first-order valence-corrected chi connectivity index (χ1v) is 12.3. The second kappa shape index (κ2) is 11.6. The summed E-state index contributed by atoms with van der Waals surface area (Å²) in [4.78, 5) is 0. The summed E-state index contributed by atoms with van der Waals surface area (Å²) in [5, 5.41) is 0. The Hall–Kier alpha value is -4.68. The van der Waals surface area contributed by atoms with Crippen LogP contribution in [0, 0.1) is 0 Å². The number of hydrogen-bond acceptors (Lipinski definition) is 0. The van der Waals surface area contributed by atoms with Crippen LogP contribution in [0.4, 0.5) is 0 Å². The minimum atomic E-state index is 1.17. The van der Waals surface area contributed by atoms with Crippen LogP contribution in [-0.4, -0.2) is 0 Å². The fourth-order valence-corrected chi connectivity index (χ4v) is 4.27. The predicted molar refractivity (Wildman–Crippen MR) is 158 cm³/mol. The molecular weight excluding hydrogens is 432 g/mol. The fraction of sp³-hybridized carbons (Fsp3) is 0. The van der Waals surface area contributed by atoms with Gasteiger partial charge in [-0.15, -0.1) is 0 Å². The van der Waals surface area contributed by atoms with Gasteiger partial charge >= 0.3 is 0 Å². The molecule has 5 rings (SSSR count). The summed E-state index contributed by atoms with van der Waals surface area (Å²) in [6.07, 6.45) is 13.2. The third-order valence-corrected chi connectivity index (χ3v) is 6.06. The molecule has 0 saturated heterocycles. The second-order valence-electron chi connectivity index (χ2n) is 8.67. The first kappa shape index (κ1) is 23.1. The predicted octanol–water partition coefficient (Wildman–Crippen LogP) is 9.86. The van der Waals surface area contributed by atoms with E-state index in [9.17, 15) is 0 Å². The van der Waals surface area contributed by atoms with Crippen molar-refractivity contribution in [3.8, 4) is 11.1 Å². The molecule has 0 spiro atoms. The zero-order valence-corrected chi connectivity index (χ0v) is 20.2. The molecule has 0 heteroatoms. The quantitative estimate of drug-likeness (QED) is 0.212. The Balaban J connectivity index is 1.66. The lowest BCUT2D eigenvalue weighted by Crippen LogP contribution is -1.91. The molecule has 0 atom stereocenters. The van der Waals surface area contributed by atoms with Gasteiger partial charge in [-0.05, 0) is 56.6 Å². The summed E-state index contributed by atoms with van der Waals surface area (Å²) < 4.78 is 0. The van der Waals surface area contributed by atoms with Gasteiger partial charge in [0.2, 0.25) is 0 Å². The molecule has 0 unspecified atom stereocenters. The van der Waals surface area contributed by atoms with Crippen molar-refractivity contribution in [1.29, 1.82) is 0 Å². The number of rotatable bonds is 7. The van der Waals surface area contributed by atoms with E-state index in [1.165, 1.54) is 44.5 Å². The van der Waals surface area contributed by atoms with Crippen LogP contribution >= 0.6 is 0 Å². The molecule has 0 heterocycles. The first-order chi connectivity index (χ1) is 17.8. The second-order valence-corrected chi connectivity index (χ2v) is 8.67. The molecule has 0 nitrogen and oxygen atoms in total. The normalized spacial score (nSPS) is 11.6. The van der Waals surface area contributed by atoms with Crippen LogP contribution in [-0.2, 0) is 0 Å². The molecule has 0 aliphatic heterocycles. The van der Waals surface area contributed by atoms with Crippen molar-refractivity contribution < 1.29 is 0 Å². The van der Waals surface area contributed by atoms with Crippen LogP contribution in [0.2, 0.25) is 0 Å². The zero-order valence-electron chi connectivity index (χ0n) is 20.2. The summed E-state index contributed by atoms with van der Waals surface area (Å²) in [7, 11) is 0. The number of benzene rings is 5. The van der Waals surface area contributed by atoms with E-state index < -0.39 is 0 Å². The van der Waals surface area contributed by atoms with E-state index >= 15 is 0 Å². The Bertz CT molecular complexity index is 1400. The van der Waals surface area contributed by atoms with E-state index in [4.69, 9.17) is 0 Å². The molecule has 0 aromatic heterocycles. The molecule has 0 aliphatic carbocycles. The molecule has 172 valence electrons. The summed E-state index contributed by atoms with van der Waals surface area (Å²) in [6.45, 7) is 0. The van der Waals surface area contributed by atoms with E-state index in [2.05, 4.69) is 152 Å². The Labute approximate surface area is 214 Å². The van der Waals surface area contributed by atoms with E-state index in [1.807, 2.05) is 18.2 Å². The Morgan fingerprint density at radius 1 is 0.306 bits per heavy atom. The summed E-state index contributed by atoms with van der Waals surface area (Å²) in [6, 6.07) is 46.6. The molecule has 0 bridgehead atoms. The van der Waals surface area contributed by atoms with Gasteiger partial charge in [-0.3, -0.25) is 0 Å². The van der Waals surface area contributed by atoms with E-state index in [1.54, 1.807) is 0 Å². The van der Waals surface area contributed by atoms with Crippen LogP contribution < -0.4 is 0 Å². The maximum absolute atomic E-state index is 2.28. The molecule has 5 aromatic rings. The van der Waals surface area contributed by atoms with Crippen LogP contribution in [0.25, 0.3) is 47.6 Å². The van der Waals surface area contributed by atoms with Gasteiger partial charge < -0.3 is 0 Å².